The summed E-state index contributed by atoms with van der Waals surface area (Å²) in [4.78, 5) is 37.8. The van der Waals surface area contributed by atoms with E-state index in [2.05, 4.69) is 5.32 Å². The third-order valence-electron chi connectivity index (χ3n) is 3.66. The zero-order valence-corrected chi connectivity index (χ0v) is 14.7. The molecular formula is C18H15ClN2O3S. The summed E-state index contributed by atoms with van der Waals surface area (Å²) in [6, 6.07) is 15.6. The highest BCUT2D eigenvalue weighted by molar-refractivity contribution is 8.01. The van der Waals surface area contributed by atoms with Crippen molar-refractivity contribution in [2.24, 2.45) is 0 Å². The Morgan fingerprint density at radius 2 is 1.80 bits per heavy atom. The number of hydrogen-bond acceptors (Lipinski definition) is 4. The van der Waals surface area contributed by atoms with Crippen LogP contribution in [0.5, 0.6) is 0 Å². The van der Waals surface area contributed by atoms with Crippen molar-refractivity contribution in [3.8, 4) is 0 Å². The third kappa shape index (κ3) is 4.21. The standard InChI is InChI=1S/C18H15ClN2O3S/c19-12-6-8-13(9-7-12)20-16(22)11-25-15-10-17(23)21(18(15)24)14-4-2-1-3-5-14/h1-9,15H,10-11H2,(H,20,22). The summed E-state index contributed by atoms with van der Waals surface area (Å²) >= 11 is 6.97. The molecule has 2 aromatic rings. The molecule has 0 spiro atoms. The minimum Gasteiger partial charge on any atom is -0.325 e. The fourth-order valence-corrected chi connectivity index (χ4v) is 3.55. The molecule has 1 heterocycles. The van der Waals surface area contributed by atoms with Gasteiger partial charge in [-0.3, -0.25) is 14.4 Å². The van der Waals surface area contributed by atoms with Gasteiger partial charge < -0.3 is 5.32 Å². The van der Waals surface area contributed by atoms with Crippen LogP contribution in [0.2, 0.25) is 5.02 Å². The highest BCUT2D eigenvalue weighted by atomic mass is 35.5. The summed E-state index contributed by atoms with van der Waals surface area (Å²) in [5, 5.41) is 2.78. The molecule has 3 rings (SSSR count). The van der Waals surface area contributed by atoms with Gasteiger partial charge in [0.25, 0.3) is 0 Å². The predicted octanol–water partition coefficient (Wildman–Crippen LogP) is 3.34. The van der Waals surface area contributed by atoms with Crippen LogP contribution < -0.4 is 10.2 Å². The Labute approximate surface area is 154 Å². The number of nitrogens with zero attached hydrogens (tertiary/aromatic N) is 1. The van der Waals surface area contributed by atoms with Crippen LogP contribution >= 0.6 is 23.4 Å². The van der Waals surface area contributed by atoms with Crippen LogP contribution in [0.4, 0.5) is 11.4 Å². The van der Waals surface area contributed by atoms with Crippen molar-refractivity contribution in [1.82, 2.24) is 0 Å². The first kappa shape index (κ1) is 17.5. The van der Waals surface area contributed by atoms with E-state index in [1.54, 1.807) is 48.5 Å². The molecule has 1 atom stereocenters. The zero-order valence-electron chi connectivity index (χ0n) is 13.1. The number of anilines is 2. The number of para-hydroxylation sites is 1. The highest BCUT2D eigenvalue weighted by Crippen LogP contribution is 2.29. The van der Waals surface area contributed by atoms with Crippen molar-refractivity contribution in [3.63, 3.8) is 0 Å². The summed E-state index contributed by atoms with van der Waals surface area (Å²) in [6.45, 7) is 0. The molecular weight excluding hydrogens is 360 g/mol. The number of imide groups is 1. The topological polar surface area (TPSA) is 66.5 Å². The minimum absolute atomic E-state index is 0.0922. The molecule has 5 nitrogen and oxygen atoms in total. The van der Waals surface area contributed by atoms with Gasteiger partial charge in [-0.2, -0.15) is 0 Å². The molecule has 128 valence electrons. The fourth-order valence-electron chi connectivity index (χ4n) is 2.49. The minimum atomic E-state index is -0.538. The van der Waals surface area contributed by atoms with E-state index in [9.17, 15) is 14.4 Å². The van der Waals surface area contributed by atoms with Gasteiger partial charge in [-0.1, -0.05) is 29.8 Å². The van der Waals surface area contributed by atoms with Crippen molar-refractivity contribution in [2.75, 3.05) is 16.0 Å². The maximum atomic E-state index is 12.5. The summed E-state index contributed by atoms with van der Waals surface area (Å²) in [5.74, 6) is -0.660. The molecule has 25 heavy (non-hydrogen) atoms. The van der Waals surface area contributed by atoms with Crippen LogP contribution in [0.1, 0.15) is 6.42 Å². The second-order valence-corrected chi connectivity index (χ2v) is 7.09. The van der Waals surface area contributed by atoms with Gasteiger partial charge in [0.15, 0.2) is 0 Å². The maximum absolute atomic E-state index is 12.5. The molecule has 1 unspecified atom stereocenters. The van der Waals surface area contributed by atoms with Crippen LogP contribution in [0.25, 0.3) is 0 Å². The largest absolute Gasteiger partial charge is 0.325 e. The molecule has 1 aliphatic rings. The average molecular weight is 375 g/mol. The maximum Gasteiger partial charge on any atom is 0.247 e. The van der Waals surface area contributed by atoms with E-state index in [0.29, 0.717) is 16.4 Å². The lowest BCUT2D eigenvalue weighted by atomic mass is 10.3. The number of hydrogen-bond donors (Lipinski definition) is 1. The van der Waals surface area contributed by atoms with E-state index in [4.69, 9.17) is 11.6 Å². The number of carbonyl (C=O) groups excluding carboxylic acids is 3. The van der Waals surface area contributed by atoms with Crippen LogP contribution in [0.15, 0.2) is 54.6 Å². The number of thioether (sulfide) groups is 1. The molecule has 2 aromatic carbocycles. The van der Waals surface area contributed by atoms with Crippen molar-refractivity contribution < 1.29 is 14.4 Å². The number of nitrogens with one attached hydrogen (secondary N) is 1. The van der Waals surface area contributed by atoms with Gasteiger partial charge in [-0.25, -0.2) is 4.90 Å². The SMILES string of the molecule is O=C(CSC1CC(=O)N(c2ccccc2)C1=O)Nc1ccc(Cl)cc1. The number of carbonyl (C=O) groups is 3. The van der Waals surface area contributed by atoms with Crippen molar-refractivity contribution in [1.29, 1.82) is 0 Å². The quantitative estimate of drug-likeness (QED) is 0.815. The molecule has 1 saturated heterocycles. The smallest absolute Gasteiger partial charge is 0.247 e. The van der Waals surface area contributed by atoms with E-state index >= 15 is 0 Å². The van der Waals surface area contributed by atoms with E-state index in [1.807, 2.05) is 6.07 Å². The van der Waals surface area contributed by atoms with Gasteiger partial charge in [0.2, 0.25) is 17.7 Å². The lowest BCUT2D eigenvalue weighted by Gasteiger charge is -2.14. The molecule has 1 N–H and O–H groups in total. The Bertz CT molecular complexity index is 796. The molecule has 0 aliphatic carbocycles. The number of rotatable bonds is 5. The van der Waals surface area contributed by atoms with E-state index < -0.39 is 5.25 Å². The van der Waals surface area contributed by atoms with Gasteiger partial charge in [0.1, 0.15) is 0 Å². The zero-order chi connectivity index (χ0) is 17.8. The Morgan fingerprint density at radius 3 is 2.48 bits per heavy atom. The third-order valence-corrected chi connectivity index (χ3v) is 5.11. The second-order valence-electron chi connectivity index (χ2n) is 5.46. The molecule has 0 aromatic heterocycles. The Balaban J connectivity index is 1.57. The lowest BCUT2D eigenvalue weighted by Crippen LogP contribution is -2.31. The van der Waals surface area contributed by atoms with Gasteiger partial charge >= 0.3 is 0 Å². The summed E-state index contributed by atoms with van der Waals surface area (Å²) in [7, 11) is 0. The van der Waals surface area contributed by atoms with Crippen LogP contribution in [0.3, 0.4) is 0 Å². The van der Waals surface area contributed by atoms with Crippen molar-refractivity contribution in [3.05, 3.63) is 59.6 Å². The van der Waals surface area contributed by atoms with Crippen LogP contribution in [-0.4, -0.2) is 28.7 Å². The van der Waals surface area contributed by atoms with Crippen molar-refractivity contribution in [2.45, 2.75) is 11.7 Å². The molecule has 1 aliphatic heterocycles. The molecule has 7 heteroatoms. The number of amides is 3. The van der Waals surface area contributed by atoms with Gasteiger partial charge in [0.05, 0.1) is 16.7 Å². The Kier molecular flexibility index (Phi) is 5.40. The van der Waals surface area contributed by atoms with Crippen molar-refractivity contribution >= 4 is 52.5 Å². The Morgan fingerprint density at radius 1 is 1.12 bits per heavy atom. The molecule has 1 fully saturated rings. The summed E-state index contributed by atoms with van der Waals surface area (Å²) in [5.41, 5.74) is 1.20. The summed E-state index contributed by atoms with van der Waals surface area (Å²) in [6.07, 6.45) is 0.104. The van der Waals surface area contributed by atoms with E-state index in [0.717, 1.165) is 0 Å². The predicted molar refractivity (Wildman–Crippen MR) is 99.9 cm³/mol. The number of benzene rings is 2. The lowest BCUT2D eigenvalue weighted by molar-refractivity contribution is -0.121. The second kappa shape index (κ2) is 7.72. The number of halogens is 1. The van der Waals surface area contributed by atoms with Crippen LogP contribution in [0, 0.1) is 0 Å². The first-order valence-corrected chi connectivity index (χ1v) is 9.06. The Hall–Kier alpha value is -2.31. The molecule has 0 saturated carbocycles. The van der Waals surface area contributed by atoms with E-state index in [1.165, 1.54) is 16.7 Å². The highest BCUT2D eigenvalue weighted by Gasteiger charge is 2.39. The van der Waals surface area contributed by atoms with Gasteiger partial charge in [0, 0.05) is 17.1 Å². The van der Waals surface area contributed by atoms with Gasteiger partial charge in [-0.05, 0) is 36.4 Å². The normalized spacial score (nSPS) is 17.0. The molecule has 0 radical (unpaired) electrons. The first-order chi connectivity index (χ1) is 12.0. The monoisotopic (exact) mass is 374 g/mol. The van der Waals surface area contributed by atoms with Crippen LogP contribution in [-0.2, 0) is 14.4 Å². The molecule has 3 amide bonds. The molecule has 0 bridgehead atoms. The average Bonchev–Trinajstić information content (AvgIpc) is 2.89. The van der Waals surface area contributed by atoms with E-state index in [-0.39, 0.29) is 29.9 Å². The fraction of sp³-hybridized carbons (Fsp3) is 0.167. The van der Waals surface area contributed by atoms with Gasteiger partial charge in [-0.15, -0.1) is 11.8 Å². The summed E-state index contributed by atoms with van der Waals surface area (Å²) < 4.78 is 0. The first-order valence-electron chi connectivity index (χ1n) is 7.63.